The third-order valence-electron chi connectivity index (χ3n) is 13.0. The lowest BCUT2D eigenvalue weighted by molar-refractivity contribution is -0.140. The van der Waals surface area contributed by atoms with E-state index >= 15 is 8.78 Å². The lowest BCUT2D eigenvalue weighted by Crippen LogP contribution is -2.48. The van der Waals surface area contributed by atoms with Crippen molar-refractivity contribution in [2.45, 2.75) is 82.2 Å². The number of hydrogen-bond acceptors (Lipinski definition) is 12. The van der Waals surface area contributed by atoms with Crippen LogP contribution in [0.25, 0.3) is 0 Å². The largest absolute Gasteiger partial charge is 0.495 e. The molecule has 0 spiro atoms. The Labute approximate surface area is 355 Å². The van der Waals surface area contributed by atoms with Gasteiger partial charge in [0, 0.05) is 62.6 Å². The molecule has 1 unspecified atom stereocenters. The van der Waals surface area contributed by atoms with Gasteiger partial charge in [-0.25, -0.2) is 4.98 Å². The minimum absolute atomic E-state index is 0.154. The van der Waals surface area contributed by atoms with E-state index in [0.29, 0.717) is 48.2 Å². The molecule has 5 heterocycles. The fourth-order valence-electron chi connectivity index (χ4n) is 9.41. The van der Waals surface area contributed by atoms with Gasteiger partial charge in [-0.2, -0.15) is 13.8 Å². The highest BCUT2D eigenvalue weighted by molar-refractivity contribution is 6.02. The first kappa shape index (κ1) is 42.1. The Kier molecular flexibility index (Phi) is 12.6. The van der Waals surface area contributed by atoms with Crippen LogP contribution in [-0.4, -0.2) is 116 Å². The van der Waals surface area contributed by atoms with Crippen molar-refractivity contribution in [3.63, 3.8) is 0 Å². The third kappa shape index (κ3) is 9.66. The number of likely N-dealkylation sites (tertiary alicyclic amines) is 1. The molecular weight excluding hydrogens is 787 g/mol. The van der Waals surface area contributed by atoms with E-state index in [1.54, 1.807) is 23.1 Å². The molecule has 61 heavy (non-hydrogen) atoms. The summed E-state index contributed by atoms with van der Waals surface area (Å²) in [4.78, 5) is 66.0. The summed E-state index contributed by atoms with van der Waals surface area (Å²) in [6, 6.07) is 12.7. The van der Waals surface area contributed by atoms with Crippen molar-refractivity contribution in [2.24, 2.45) is 11.8 Å². The van der Waals surface area contributed by atoms with Crippen LogP contribution in [0.4, 0.5) is 43.3 Å². The van der Waals surface area contributed by atoms with Gasteiger partial charge in [-0.05, 0) is 112 Å². The van der Waals surface area contributed by atoms with E-state index in [-0.39, 0.29) is 41.2 Å². The molecule has 3 aromatic rings. The summed E-state index contributed by atoms with van der Waals surface area (Å²) in [6.07, 6.45) is 9.88. The zero-order chi connectivity index (χ0) is 42.7. The van der Waals surface area contributed by atoms with Crippen LogP contribution < -0.4 is 40.7 Å². The van der Waals surface area contributed by atoms with Crippen molar-refractivity contribution in [2.75, 3.05) is 85.3 Å². The topological polar surface area (TPSA) is 164 Å². The Hall–Kier alpha value is -5.58. The van der Waals surface area contributed by atoms with Crippen LogP contribution in [0.3, 0.4) is 0 Å². The second-order valence-corrected chi connectivity index (χ2v) is 17.2. The van der Waals surface area contributed by atoms with Gasteiger partial charge in [0.2, 0.25) is 17.8 Å². The number of hydrogen-bond donors (Lipinski definition) is 4. The molecule has 4 amide bonds. The number of anilines is 6. The maximum atomic E-state index is 15.0. The number of nitrogens with zero attached hydrogens (tertiary/aromatic N) is 6. The van der Waals surface area contributed by atoms with Gasteiger partial charge in [-0.15, -0.1) is 0 Å². The summed E-state index contributed by atoms with van der Waals surface area (Å²) >= 11 is 0. The highest BCUT2D eigenvalue weighted by Crippen LogP contribution is 2.40. The molecule has 326 valence electrons. The maximum Gasteiger partial charge on any atom is 0.342 e. The minimum Gasteiger partial charge on any atom is -0.495 e. The van der Waals surface area contributed by atoms with E-state index in [1.807, 2.05) is 12.1 Å². The number of ether oxygens (including phenoxy) is 1. The Bertz CT molecular complexity index is 2080. The standard InChI is InChI=1S/C44H56F2N10O5/c1-53-36-25-48-43(52-39(36)56(33-5-3-4-6-33)27-44(45,46)42(53)60)50-34-12-7-30(23-37(34)61-2)40(58)47-24-28-15-19-54(20-16-28)26-29-17-21-55(22-18-29)32-10-8-31(9-11-32)49-35-13-14-38(57)51-41(35)59/h7-12,23,25,28-29,33,35,49H,3-6,13-22,24,26-27H2,1-2H3,(H,47,58)(H,48,50,52)(H,51,57,59). The molecule has 4 N–H and O–H groups in total. The predicted molar refractivity (Wildman–Crippen MR) is 229 cm³/mol. The van der Waals surface area contributed by atoms with Crippen LogP contribution in [0.2, 0.25) is 0 Å². The summed E-state index contributed by atoms with van der Waals surface area (Å²) in [5.74, 6) is -3.66. The van der Waals surface area contributed by atoms with Crippen molar-refractivity contribution >= 4 is 58.1 Å². The number of carbonyl (C=O) groups excluding carboxylic acids is 4. The van der Waals surface area contributed by atoms with Gasteiger partial charge in [-0.1, -0.05) is 12.8 Å². The number of methoxy groups -OCH3 is 1. The summed E-state index contributed by atoms with van der Waals surface area (Å²) in [5, 5.41) is 11.9. The molecular formula is C44H56F2N10O5. The quantitative estimate of drug-likeness (QED) is 0.177. The molecule has 2 aromatic carbocycles. The normalized spacial score (nSPS) is 21.8. The zero-order valence-corrected chi connectivity index (χ0v) is 34.9. The summed E-state index contributed by atoms with van der Waals surface area (Å²) in [5.41, 5.74) is 3.22. The molecule has 17 heteroatoms. The van der Waals surface area contributed by atoms with Gasteiger partial charge in [0.15, 0.2) is 5.82 Å². The van der Waals surface area contributed by atoms with Crippen LogP contribution in [0.5, 0.6) is 5.75 Å². The van der Waals surface area contributed by atoms with Gasteiger partial charge in [0.1, 0.15) is 17.5 Å². The zero-order valence-electron chi connectivity index (χ0n) is 34.9. The average molecular weight is 843 g/mol. The van der Waals surface area contributed by atoms with Crippen molar-refractivity contribution in [3.05, 3.63) is 54.2 Å². The molecule has 4 fully saturated rings. The predicted octanol–water partition coefficient (Wildman–Crippen LogP) is 5.17. The fraction of sp³-hybridized carbons (Fsp3) is 0.545. The molecule has 4 aliphatic heterocycles. The number of alkyl halides is 2. The van der Waals surface area contributed by atoms with Crippen LogP contribution in [0, 0.1) is 11.8 Å². The second-order valence-electron chi connectivity index (χ2n) is 17.2. The van der Waals surface area contributed by atoms with E-state index < -0.39 is 24.4 Å². The number of aromatic nitrogens is 2. The molecule has 1 aliphatic carbocycles. The third-order valence-corrected chi connectivity index (χ3v) is 13.0. The summed E-state index contributed by atoms with van der Waals surface area (Å²) < 4.78 is 35.7. The number of carbonyl (C=O) groups is 4. The van der Waals surface area contributed by atoms with E-state index in [4.69, 9.17) is 4.74 Å². The van der Waals surface area contributed by atoms with Crippen LogP contribution in [0.15, 0.2) is 48.7 Å². The number of imide groups is 1. The highest BCUT2D eigenvalue weighted by atomic mass is 19.3. The number of fused-ring (bicyclic) bond motifs is 1. The molecule has 3 saturated heterocycles. The van der Waals surface area contributed by atoms with Gasteiger partial charge >= 0.3 is 5.92 Å². The molecule has 5 aliphatic rings. The molecule has 8 rings (SSSR count). The first-order chi connectivity index (χ1) is 29.4. The lowest BCUT2D eigenvalue weighted by atomic mass is 9.92. The molecule has 15 nitrogen and oxygen atoms in total. The van der Waals surface area contributed by atoms with Gasteiger partial charge < -0.3 is 40.3 Å². The molecule has 1 aromatic heterocycles. The van der Waals surface area contributed by atoms with Crippen molar-refractivity contribution in [1.29, 1.82) is 0 Å². The second kappa shape index (κ2) is 18.2. The maximum absolute atomic E-state index is 15.0. The SMILES string of the molecule is COc1cc(C(=O)NCC2CCN(CC3CCN(c4ccc(NC5CCC(=O)NC5=O)cc4)CC3)CC2)ccc1Nc1ncc2c(n1)N(C1CCCC1)CC(F)(F)C(=O)N2C. The number of rotatable bonds is 12. The van der Waals surface area contributed by atoms with E-state index in [1.165, 1.54) is 26.0 Å². The van der Waals surface area contributed by atoms with E-state index in [2.05, 4.69) is 53.2 Å². The Morgan fingerprint density at radius 3 is 2.36 bits per heavy atom. The van der Waals surface area contributed by atoms with Gasteiger partial charge in [0.25, 0.3) is 11.8 Å². The number of halogens is 2. The first-order valence-corrected chi connectivity index (χ1v) is 21.6. The van der Waals surface area contributed by atoms with Crippen molar-refractivity contribution < 1.29 is 32.7 Å². The Morgan fingerprint density at radius 2 is 1.66 bits per heavy atom. The fourth-order valence-corrected chi connectivity index (χ4v) is 9.41. The highest BCUT2D eigenvalue weighted by Gasteiger charge is 2.49. The van der Waals surface area contributed by atoms with Gasteiger partial charge in [-0.3, -0.25) is 24.5 Å². The van der Waals surface area contributed by atoms with Crippen LogP contribution >= 0.6 is 0 Å². The molecule has 0 bridgehead atoms. The molecule has 1 saturated carbocycles. The number of piperidine rings is 3. The number of nitrogens with one attached hydrogen (secondary N) is 4. The Morgan fingerprint density at radius 1 is 0.934 bits per heavy atom. The minimum atomic E-state index is -3.57. The van der Waals surface area contributed by atoms with Gasteiger partial charge in [0.05, 0.1) is 25.5 Å². The first-order valence-electron chi connectivity index (χ1n) is 21.6. The van der Waals surface area contributed by atoms with E-state index in [9.17, 15) is 19.2 Å². The molecule has 0 radical (unpaired) electrons. The lowest BCUT2D eigenvalue weighted by Gasteiger charge is -2.38. The van der Waals surface area contributed by atoms with Crippen LogP contribution in [-0.2, 0) is 14.4 Å². The van der Waals surface area contributed by atoms with Crippen molar-refractivity contribution in [3.8, 4) is 5.75 Å². The number of benzene rings is 2. The smallest absolute Gasteiger partial charge is 0.342 e. The summed E-state index contributed by atoms with van der Waals surface area (Å²) in [7, 11) is 2.83. The molecule has 1 atom stereocenters. The Balaban J connectivity index is 0.785. The van der Waals surface area contributed by atoms with E-state index in [0.717, 1.165) is 94.7 Å². The van der Waals surface area contributed by atoms with Crippen molar-refractivity contribution in [1.82, 2.24) is 25.5 Å². The average Bonchev–Trinajstić information content (AvgIpc) is 3.79. The monoisotopic (exact) mass is 842 g/mol. The summed E-state index contributed by atoms with van der Waals surface area (Å²) in [6.45, 7) is 4.95. The van der Waals surface area contributed by atoms with Crippen LogP contribution in [0.1, 0.15) is 74.6 Å². The number of amides is 4.